The molecule has 10 nitrogen and oxygen atoms in total. The van der Waals surface area contributed by atoms with Gasteiger partial charge < -0.3 is 30.7 Å². The summed E-state index contributed by atoms with van der Waals surface area (Å²) >= 11 is 0. The van der Waals surface area contributed by atoms with Crippen LogP contribution in [0.3, 0.4) is 0 Å². The summed E-state index contributed by atoms with van der Waals surface area (Å²) in [5, 5.41) is 19.1. The molecule has 5 rings (SSSR count). The normalized spacial score (nSPS) is 27.1. The highest BCUT2D eigenvalue weighted by Crippen LogP contribution is 2.35. The number of amides is 3. The third-order valence-corrected chi connectivity index (χ3v) is 8.70. The van der Waals surface area contributed by atoms with Gasteiger partial charge in [0.1, 0.15) is 29.7 Å². The average molecular weight is 564 g/mol. The van der Waals surface area contributed by atoms with Gasteiger partial charge in [0.2, 0.25) is 17.7 Å². The lowest BCUT2D eigenvalue weighted by Gasteiger charge is -2.33. The number of ether oxygens (including phenoxy) is 1. The number of pyridine rings is 1. The van der Waals surface area contributed by atoms with E-state index in [0.29, 0.717) is 25.9 Å². The summed E-state index contributed by atoms with van der Waals surface area (Å²) in [4.78, 5) is 46.7. The van der Waals surface area contributed by atoms with Crippen molar-refractivity contribution in [3.05, 3.63) is 53.3 Å². The van der Waals surface area contributed by atoms with E-state index in [1.807, 2.05) is 19.2 Å². The number of aromatic hydroxyl groups is 1. The monoisotopic (exact) mass is 563 g/mol. The molecule has 3 heterocycles. The molecule has 0 radical (unpaired) electrons. The van der Waals surface area contributed by atoms with E-state index in [0.717, 1.165) is 48.3 Å². The van der Waals surface area contributed by atoms with E-state index in [1.165, 1.54) is 4.90 Å². The fourth-order valence-electron chi connectivity index (χ4n) is 5.71. The molecule has 0 saturated heterocycles. The fraction of sp³-hybridized carbons (Fsp3) is 0.548. The molecular weight excluding hydrogens is 522 g/mol. The molecule has 5 atom stereocenters. The Hall–Kier alpha value is -3.66. The predicted octanol–water partition coefficient (Wildman–Crippen LogP) is 2.05. The van der Waals surface area contributed by atoms with E-state index in [-0.39, 0.29) is 35.5 Å². The highest BCUT2D eigenvalue weighted by Gasteiger charge is 2.40. The standard InChI is InChI=1S/C31H41N5O5/c1-18(20-8-11-23(37)12-9-20)26-30(39)33-15-4-5-25-28-22(14-16-32-25)10-13-24(41-28)17-34-27(21-6-7-21)31(40)36(3)19(2)29(38)35-26/h8-9,11-12,14,16,18-19,21,24,26-27,34,37H,4-7,10,13,15,17H2,1-3H3,(H,33,39)(H,35,38)/t18?,19-,24-,26-,27+/m1/s1. The van der Waals surface area contributed by atoms with Gasteiger partial charge in [0.15, 0.2) is 0 Å². The summed E-state index contributed by atoms with van der Waals surface area (Å²) in [6.45, 7) is 4.49. The van der Waals surface area contributed by atoms with Gasteiger partial charge in [0, 0.05) is 32.3 Å². The number of fused-ring (bicyclic) bond motifs is 1. The number of phenols is 1. The molecule has 10 heteroatoms. The Morgan fingerprint density at radius 3 is 2.54 bits per heavy atom. The molecule has 1 fully saturated rings. The number of aryl methyl sites for hydroxylation is 2. The van der Waals surface area contributed by atoms with Gasteiger partial charge in [-0.2, -0.15) is 0 Å². The Balaban J connectivity index is 1.41. The first kappa shape index (κ1) is 28.9. The third kappa shape index (κ3) is 6.64. The van der Waals surface area contributed by atoms with Crippen molar-refractivity contribution >= 4 is 17.7 Å². The lowest BCUT2D eigenvalue weighted by molar-refractivity contribution is -0.141. The number of hydrogen-bond acceptors (Lipinski definition) is 7. The zero-order valence-corrected chi connectivity index (χ0v) is 24.1. The molecule has 3 aliphatic rings. The van der Waals surface area contributed by atoms with Crippen molar-refractivity contribution in [3.8, 4) is 11.5 Å². The number of nitrogens with zero attached hydrogens (tertiary/aromatic N) is 2. The van der Waals surface area contributed by atoms with Gasteiger partial charge in [-0.1, -0.05) is 19.1 Å². The maximum atomic E-state index is 13.6. The van der Waals surface area contributed by atoms with Crippen LogP contribution in [0.4, 0.5) is 0 Å². The van der Waals surface area contributed by atoms with Crippen LogP contribution in [-0.4, -0.2) is 77.1 Å². The number of benzene rings is 1. The molecule has 0 spiro atoms. The highest BCUT2D eigenvalue weighted by atomic mass is 16.5. The SMILES string of the molecule is CC(c1ccc(O)cc1)[C@H]1NC(=O)[C@@H](C)N(C)C(=O)[C@H](C2CC2)NC[C@H]2CCc3ccnc(c3O2)CCCNC1=O. The molecule has 220 valence electrons. The summed E-state index contributed by atoms with van der Waals surface area (Å²) in [6.07, 6.45) is 6.69. The minimum Gasteiger partial charge on any atom is -0.508 e. The maximum Gasteiger partial charge on any atom is 0.243 e. The maximum absolute atomic E-state index is 13.6. The smallest absolute Gasteiger partial charge is 0.243 e. The predicted molar refractivity (Wildman–Crippen MR) is 154 cm³/mol. The average Bonchev–Trinajstić information content (AvgIpc) is 3.82. The van der Waals surface area contributed by atoms with E-state index in [4.69, 9.17) is 4.74 Å². The molecule has 1 saturated carbocycles. The van der Waals surface area contributed by atoms with Gasteiger partial charge in [-0.3, -0.25) is 19.4 Å². The van der Waals surface area contributed by atoms with Crippen molar-refractivity contribution in [2.24, 2.45) is 5.92 Å². The number of rotatable bonds is 3. The lowest BCUT2D eigenvalue weighted by atomic mass is 9.92. The van der Waals surface area contributed by atoms with E-state index >= 15 is 0 Å². The molecule has 2 aromatic rings. The van der Waals surface area contributed by atoms with Crippen molar-refractivity contribution in [2.75, 3.05) is 20.1 Å². The van der Waals surface area contributed by atoms with Gasteiger partial charge in [0.05, 0.1) is 11.7 Å². The van der Waals surface area contributed by atoms with Crippen molar-refractivity contribution in [2.45, 2.75) is 82.5 Å². The summed E-state index contributed by atoms with van der Waals surface area (Å²) < 4.78 is 6.42. The van der Waals surface area contributed by atoms with Crippen LogP contribution in [0, 0.1) is 5.92 Å². The largest absolute Gasteiger partial charge is 0.508 e. The number of carbonyl (C=O) groups is 3. The van der Waals surface area contributed by atoms with Gasteiger partial charge in [-0.25, -0.2) is 0 Å². The Morgan fingerprint density at radius 1 is 1.05 bits per heavy atom. The molecule has 4 N–H and O–H groups in total. The van der Waals surface area contributed by atoms with Crippen LogP contribution < -0.4 is 20.7 Å². The minimum atomic E-state index is -0.874. The summed E-state index contributed by atoms with van der Waals surface area (Å²) in [5.41, 5.74) is 2.80. The Kier molecular flexibility index (Phi) is 8.77. The molecule has 1 aromatic heterocycles. The number of hydrogen-bond donors (Lipinski definition) is 4. The minimum absolute atomic E-state index is 0.0775. The second-order valence-electron chi connectivity index (χ2n) is 11.6. The van der Waals surface area contributed by atoms with E-state index in [1.54, 1.807) is 38.2 Å². The number of carbonyl (C=O) groups excluding carboxylic acids is 3. The first-order valence-electron chi connectivity index (χ1n) is 14.7. The Labute approximate surface area is 241 Å². The van der Waals surface area contributed by atoms with Crippen molar-refractivity contribution in [3.63, 3.8) is 0 Å². The number of nitrogens with one attached hydrogen (secondary N) is 3. The van der Waals surface area contributed by atoms with E-state index in [2.05, 4.69) is 20.9 Å². The van der Waals surface area contributed by atoms with Crippen LogP contribution in [0.5, 0.6) is 11.5 Å². The van der Waals surface area contributed by atoms with Crippen molar-refractivity contribution in [1.29, 1.82) is 0 Å². The second-order valence-corrected chi connectivity index (χ2v) is 11.6. The van der Waals surface area contributed by atoms with E-state index < -0.39 is 24.0 Å². The van der Waals surface area contributed by atoms with Crippen LogP contribution in [0.15, 0.2) is 36.5 Å². The molecule has 41 heavy (non-hydrogen) atoms. The topological polar surface area (TPSA) is 133 Å². The first-order chi connectivity index (χ1) is 19.7. The van der Waals surface area contributed by atoms with Crippen molar-refractivity contribution < 1.29 is 24.2 Å². The van der Waals surface area contributed by atoms with Crippen LogP contribution in [0.2, 0.25) is 0 Å². The third-order valence-electron chi connectivity index (χ3n) is 8.70. The fourth-order valence-corrected chi connectivity index (χ4v) is 5.71. The van der Waals surface area contributed by atoms with Crippen LogP contribution in [0.25, 0.3) is 0 Å². The van der Waals surface area contributed by atoms with Crippen LogP contribution in [-0.2, 0) is 27.2 Å². The zero-order chi connectivity index (χ0) is 29.1. The first-order valence-corrected chi connectivity index (χ1v) is 14.7. The van der Waals surface area contributed by atoms with Gasteiger partial charge in [-0.15, -0.1) is 0 Å². The highest BCUT2D eigenvalue weighted by molar-refractivity contribution is 5.93. The zero-order valence-electron chi connectivity index (χ0n) is 24.1. The summed E-state index contributed by atoms with van der Waals surface area (Å²) in [6, 6.07) is 6.56. The molecular formula is C31H41N5O5. The van der Waals surface area contributed by atoms with E-state index in [9.17, 15) is 19.5 Å². The van der Waals surface area contributed by atoms with Gasteiger partial charge >= 0.3 is 0 Å². The lowest BCUT2D eigenvalue weighted by Crippen LogP contribution is -2.57. The van der Waals surface area contributed by atoms with Crippen molar-refractivity contribution in [1.82, 2.24) is 25.8 Å². The molecule has 2 bridgehead atoms. The summed E-state index contributed by atoms with van der Waals surface area (Å²) in [5.74, 6) is -0.0497. The number of aromatic nitrogens is 1. The Bertz CT molecular complexity index is 1260. The molecule has 3 amide bonds. The second kappa shape index (κ2) is 12.5. The Morgan fingerprint density at radius 2 is 1.80 bits per heavy atom. The molecule has 1 aromatic carbocycles. The number of likely N-dealkylation sites (N-methyl/N-ethyl adjacent to an activating group) is 1. The van der Waals surface area contributed by atoms with Crippen LogP contribution in [0.1, 0.15) is 62.3 Å². The number of phenolic OH excluding ortho intramolecular Hbond substituents is 1. The molecule has 1 unspecified atom stereocenters. The molecule has 2 aliphatic heterocycles. The van der Waals surface area contributed by atoms with Gasteiger partial charge in [0.25, 0.3) is 0 Å². The van der Waals surface area contributed by atoms with Gasteiger partial charge in [-0.05, 0) is 80.7 Å². The quantitative estimate of drug-likeness (QED) is 0.449. The summed E-state index contributed by atoms with van der Waals surface area (Å²) in [7, 11) is 1.64. The van der Waals surface area contributed by atoms with Crippen LogP contribution >= 0.6 is 0 Å². The molecule has 1 aliphatic carbocycles.